The van der Waals surface area contributed by atoms with E-state index in [2.05, 4.69) is 0 Å². The molecule has 0 bridgehead atoms. The second kappa shape index (κ2) is 9.08. The molecule has 148 valence electrons. The van der Waals surface area contributed by atoms with Crippen molar-refractivity contribution in [3.05, 3.63) is 57.1 Å². The average molecular weight is 411 g/mol. The van der Waals surface area contributed by atoms with E-state index >= 15 is 0 Å². The summed E-state index contributed by atoms with van der Waals surface area (Å²) < 4.78 is 17.7. The van der Waals surface area contributed by atoms with E-state index in [-0.39, 0.29) is 47.9 Å². The smallest absolute Gasteiger partial charge is 0.550 e. The first-order valence-electron chi connectivity index (χ1n) is 8.60. The van der Waals surface area contributed by atoms with Gasteiger partial charge < -0.3 is 19.6 Å². The molecule has 8 nitrogen and oxygen atoms in total. The van der Waals surface area contributed by atoms with Crippen molar-refractivity contribution < 1.29 is 49.0 Å². The first-order chi connectivity index (χ1) is 13.2. The number of nitrogens with zero attached hydrogens (tertiary/aromatic N) is 3. The minimum absolute atomic E-state index is 0. The van der Waals surface area contributed by atoms with Crippen molar-refractivity contribution in [3.8, 4) is 11.3 Å². The Morgan fingerprint density at radius 2 is 1.93 bits per heavy atom. The Morgan fingerprint density at radius 3 is 2.52 bits per heavy atom. The van der Waals surface area contributed by atoms with Gasteiger partial charge in [0.25, 0.3) is 5.56 Å². The Bertz CT molecular complexity index is 1180. The minimum atomic E-state index is -1.31. The van der Waals surface area contributed by atoms with Crippen LogP contribution < -0.4 is 45.9 Å². The number of fused-ring (bicyclic) bond motifs is 1. The van der Waals surface area contributed by atoms with Crippen LogP contribution >= 0.6 is 0 Å². The molecule has 3 aromatic rings. The van der Waals surface area contributed by atoms with Crippen LogP contribution in [0.15, 0.2) is 40.1 Å². The molecule has 0 saturated heterocycles. The van der Waals surface area contributed by atoms with Crippen molar-refractivity contribution in [2.75, 3.05) is 6.61 Å². The fourth-order valence-corrected chi connectivity index (χ4v) is 3.38. The third-order valence-electron chi connectivity index (χ3n) is 4.78. The molecular weight excluding hydrogens is 392 g/mol. The zero-order chi connectivity index (χ0) is 20.6. The second-order valence-electron chi connectivity index (χ2n) is 6.73. The maximum Gasteiger partial charge on any atom is 1.00 e. The summed E-state index contributed by atoms with van der Waals surface area (Å²) in [5.41, 5.74) is 0.0151. The molecule has 0 aliphatic rings. The Labute approximate surface area is 187 Å². The van der Waals surface area contributed by atoms with Gasteiger partial charge >= 0.3 is 35.2 Å². The Hall–Kier alpha value is -2.20. The maximum atomic E-state index is 13.8. The molecule has 1 atom stereocenters. The van der Waals surface area contributed by atoms with Crippen LogP contribution in [-0.4, -0.2) is 31.4 Å². The van der Waals surface area contributed by atoms with Gasteiger partial charge in [-0.3, -0.25) is 13.9 Å². The van der Waals surface area contributed by atoms with Gasteiger partial charge in [0.2, 0.25) is 0 Å². The molecule has 1 aromatic carbocycles. The van der Waals surface area contributed by atoms with Crippen molar-refractivity contribution in [2.24, 2.45) is 20.0 Å². The molecule has 0 fully saturated rings. The number of carboxylic acids is 1. The first kappa shape index (κ1) is 23.1. The molecule has 1 unspecified atom stereocenters. The number of carbonyl (C=O) groups is 1. The van der Waals surface area contributed by atoms with Gasteiger partial charge in [-0.05, 0) is 18.6 Å². The number of aliphatic carboxylic acids is 1. The zero-order valence-corrected chi connectivity index (χ0v) is 18.4. The van der Waals surface area contributed by atoms with Gasteiger partial charge in [-0.2, -0.15) is 0 Å². The summed E-state index contributed by atoms with van der Waals surface area (Å²) in [5.74, 6) is -2.50. The van der Waals surface area contributed by atoms with Crippen molar-refractivity contribution in [1.82, 2.24) is 13.7 Å². The molecule has 0 spiro atoms. The third-order valence-corrected chi connectivity index (χ3v) is 4.78. The molecule has 10 heteroatoms. The topological polar surface area (TPSA) is 109 Å². The summed E-state index contributed by atoms with van der Waals surface area (Å²) in [6.45, 7) is -0.371. The van der Waals surface area contributed by atoms with Gasteiger partial charge in [0.05, 0.1) is 16.6 Å². The monoisotopic (exact) mass is 411 g/mol. The van der Waals surface area contributed by atoms with Gasteiger partial charge in [-0.15, -0.1) is 0 Å². The van der Waals surface area contributed by atoms with E-state index in [0.717, 1.165) is 4.57 Å². The predicted molar refractivity (Wildman–Crippen MR) is 98.0 cm³/mol. The number of hydrogen-bond acceptors (Lipinski definition) is 5. The van der Waals surface area contributed by atoms with E-state index in [1.54, 1.807) is 10.6 Å². The molecule has 3 rings (SSSR count). The Kier molecular flexibility index (Phi) is 7.23. The summed E-state index contributed by atoms with van der Waals surface area (Å²) in [6.07, 6.45) is 1.15. The molecular formula is C19H19FN3NaO5. The standard InChI is InChI=1S/C19H20FN3O5.Na/c1-21-14-9-23(8-11(10-24)6-15(25)26)17(12-4-3-5-13(20)7-12)16(14)18(27)22(2)19(21)28;/h3-5,7,9,11,24H,6,8,10H2,1-2H3,(H,25,26);/q;+1/p-1. The fourth-order valence-electron chi connectivity index (χ4n) is 3.38. The summed E-state index contributed by atoms with van der Waals surface area (Å²) in [7, 11) is 2.86. The van der Waals surface area contributed by atoms with Crippen LogP contribution in [0.25, 0.3) is 22.2 Å². The fraction of sp³-hybridized carbons (Fsp3) is 0.316. The van der Waals surface area contributed by atoms with Crippen molar-refractivity contribution >= 4 is 16.9 Å². The van der Waals surface area contributed by atoms with Crippen molar-refractivity contribution in [2.45, 2.75) is 13.0 Å². The molecule has 0 saturated carbocycles. The second-order valence-corrected chi connectivity index (χ2v) is 6.73. The molecule has 0 aliphatic heterocycles. The number of aryl methyl sites for hydroxylation is 1. The van der Waals surface area contributed by atoms with Crippen LogP contribution in [0.4, 0.5) is 4.39 Å². The van der Waals surface area contributed by atoms with E-state index < -0.39 is 35.6 Å². The molecule has 2 aromatic heterocycles. The van der Waals surface area contributed by atoms with Crippen LogP contribution in [0.5, 0.6) is 0 Å². The zero-order valence-electron chi connectivity index (χ0n) is 16.4. The summed E-state index contributed by atoms with van der Waals surface area (Å²) in [6, 6.07) is 5.62. The van der Waals surface area contributed by atoms with E-state index in [0.29, 0.717) is 16.8 Å². The number of rotatable bonds is 6. The van der Waals surface area contributed by atoms with E-state index in [1.807, 2.05) is 0 Å². The van der Waals surface area contributed by atoms with Gasteiger partial charge in [-0.25, -0.2) is 9.18 Å². The third kappa shape index (κ3) is 4.37. The number of carbonyl (C=O) groups excluding carboxylic acids is 1. The van der Waals surface area contributed by atoms with Gasteiger partial charge in [0.1, 0.15) is 5.82 Å². The first-order valence-corrected chi connectivity index (χ1v) is 8.60. The predicted octanol–water partition coefficient (Wildman–Crippen LogP) is -3.40. The van der Waals surface area contributed by atoms with Crippen LogP contribution in [0.1, 0.15) is 6.42 Å². The molecule has 0 amide bonds. The van der Waals surface area contributed by atoms with Gasteiger partial charge in [-0.1, -0.05) is 12.1 Å². The number of halogens is 1. The van der Waals surface area contributed by atoms with Crippen molar-refractivity contribution in [3.63, 3.8) is 0 Å². The summed E-state index contributed by atoms with van der Waals surface area (Å²) in [5, 5.41) is 20.7. The number of hydrogen-bond donors (Lipinski definition) is 1. The van der Waals surface area contributed by atoms with Crippen molar-refractivity contribution in [1.29, 1.82) is 0 Å². The molecule has 0 radical (unpaired) electrons. The molecule has 0 aliphatic carbocycles. The van der Waals surface area contributed by atoms with Crippen LogP contribution in [0, 0.1) is 11.7 Å². The summed E-state index contributed by atoms with van der Waals surface area (Å²) in [4.78, 5) is 36.0. The summed E-state index contributed by atoms with van der Waals surface area (Å²) >= 11 is 0. The van der Waals surface area contributed by atoms with E-state index in [4.69, 9.17) is 0 Å². The molecule has 2 heterocycles. The van der Waals surface area contributed by atoms with E-state index in [9.17, 15) is 29.0 Å². The van der Waals surface area contributed by atoms with E-state index in [1.165, 1.54) is 43.1 Å². The normalized spacial score (nSPS) is 12.0. The number of carboxylic acid groups (broad SMARTS) is 1. The van der Waals surface area contributed by atoms with Gasteiger partial charge in [0, 0.05) is 50.9 Å². The van der Waals surface area contributed by atoms with Gasteiger partial charge in [0.15, 0.2) is 0 Å². The van der Waals surface area contributed by atoms with Crippen LogP contribution in [0.3, 0.4) is 0 Å². The SMILES string of the molecule is Cn1c(=O)c2c(-c3cccc(F)c3)n(CC(CO)CC(=O)[O-])cc2n(C)c1=O.[Na+]. The number of aliphatic hydroxyl groups excluding tert-OH is 1. The number of aliphatic hydroxyl groups is 1. The Balaban J connectivity index is 0.00000300. The maximum absolute atomic E-state index is 13.8. The van der Waals surface area contributed by atoms with Crippen LogP contribution in [-0.2, 0) is 25.4 Å². The average Bonchev–Trinajstić information content (AvgIpc) is 3.03. The number of benzene rings is 1. The molecule has 29 heavy (non-hydrogen) atoms. The Morgan fingerprint density at radius 1 is 1.24 bits per heavy atom. The van der Waals surface area contributed by atoms with Crippen LogP contribution in [0.2, 0.25) is 0 Å². The number of aromatic nitrogens is 3. The quantitative estimate of drug-likeness (QED) is 0.426. The largest absolute Gasteiger partial charge is 1.00 e. The molecule has 1 N–H and O–H groups in total. The minimum Gasteiger partial charge on any atom is -0.550 e.